The lowest BCUT2D eigenvalue weighted by molar-refractivity contribution is 0.475. The van der Waals surface area contributed by atoms with Crippen LogP contribution in [0.3, 0.4) is 0 Å². The Balaban J connectivity index is 2.70. The van der Waals surface area contributed by atoms with Crippen molar-refractivity contribution in [3.8, 4) is 11.4 Å². The molecule has 0 aliphatic rings. The molecule has 1 aromatic carbocycles. The van der Waals surface area contributed by atoms with Gasteiger partial charge in [0.15, 0.2) is 0 Å². The van der Waals surface area contributed by atoms with Crippen LogP contribution in [0.5, 0.6) is 5.75 Å². The molecule has 4 N–H and O–H groups in total. The minimum absolute atomic E-state index is 0.0224. The number of benzene rings is 1. The molecule has 1 aromatic heterocycles. The molecule has 0 saturated heterocycles. The van der Waals surface area contributed by atoms with E-state index in [4.69, 9.17) is 5.73 Å². The molecule has 0 radical (unpaired) electrons. The van der Waals surface area contributed by atoms with Gasteiger partial charge in [0.1, 0.15) is 11.4 Å². The van der Waals surface area contributed by atoms with Crippen molar-refractivity contribution >= 4 is 5.69 Å². The summed E-state index contributed by atoms with van der Waals surface area (Å²) < 4.78 is 1.15. The van der Waals surface area contributed by atoms with E-state index in [9.17, 15) is 14.7 Å². The van der Waals surface area contributed by atoms with E-state index in [-0.39, 0.29) is 11.4 Å². The summed E-state index contributed by atoms with van der Waals surface area (Å²) in [5.74, 6) is 0.0224. The fourth-order valence-electron chi connectivity index (χ4n) is 1.32. The molecule has 0 bridgehead atoms. The number of phenolic OH excluding ortho intramolecular Hbond substituents is 1. The molecule has 0 aliphatic heterocycles. The van der Waals surface area contributed by atoms with Crippen molar-refractivity contribution in [2.75, 3.05) is 5.73 Å². The molecular formula is C10H9N3O3. The van der Waals surface area contributed by atoms with E-state index in [0.717, 1.165) is 4.57 Å². The molecule has 82 valence electrons. The summed E-state index contributed by atoms with van der Waals surface area (Å²) in [6.07, 6.45) is 1.22. The van der Waals surface area contributed by atoms with E-state index >= 15 is 0 Å². The third kappa shape index (κ3) is 1.68. The number of nitrogens with one attached hydrogen (secondary N) is 1. The van der Waals surface area contributed by atoms with E-state index in [1.165, 1.54) is 18.3 Å². The van der Waals surface area contributed by atoms with Gasteiger partial charge in [-0.1, -0.05) is 6.07 Å². The highest BCUT2D eigenvalue weighted by Gasteiger charge is 2.03. The normalized spacial score (nSPS) is 10.2. The number of aromatic amines is 1. The zero-order chi connectivity index (χ0) is 11.7. The van der Waals surface area contributed by atoms with Crippen LogP contribution in [-0.4, -0.2) is 14.7 Å². The first-order chi connectivity index (χ1) is 7.58. The molecule has 0 spiro atoms. The van der Waals surface area contributed by atoms with Gasteiger partial charge in [0.25, 0.3) is 5.56 Å². The second kappa shape index (κ2) is 3.58. The maximum absolute atomic E-state index is 11.5. The van der Waals surface area contributed by atoms with Crippen LogP contribution in [0.15, 0.2) is 40.1 Å². The topological polar surface area (TPSA) is 101 Å². The zero-order valence-electron chi connectivity index (χ0n) is 8.18. The Morgan fingerprint density at radius 1 is 1.31 bits per heavy atom. The van der Waals surface area contributed by atoms with Gasteiger partial charge in [-0.2, -0.15) is 0 Å². The predicted octanol–water partition coefficient (Wildman–Crippen LogP) is -0.186. The number of rotatable bonds is 1. The monoisotopic (exact) mass is 219 g/mol. The number of aromatic nitrogens is 2. The molecule has 0 aliphatic carbocycles. The maximum Gasteiger partial charge on any atom is 0.333 e. The Labute approximate surface area is 89.6 Å². The lowest BCUT2D eigenvalue weighted by Crippen LogP contribution is -2.29. The van der Waals surface area contributed by atoms with E-state index in [0.29, 0.717) is 5.69 Å². The number of anilines is 1. The minimum Gasteiger partial charge on any atom is -0.508 e. The van der Waals surface area contributed by atoms with E-state index in [1.54, 1.807) is 12.1 Å². The predicted molar refractivity (Wildman–Crippen MR) is 58.7 cm³/mol. The number of H-pyrrole nitrogens is 1. The van der Waals surface area contributed by atoms with Gasteiger partial charge in [-0.05, 0) is 12.1 Å². The first-order valence-electron chi connectivity index (χ1n) is 4.49. The van der Waals surface area contributed by atoms with Crippen LogP contribution in [-0.2, 0) is 0 Å². The average molecular weight is 219 g/mol. The Kier molecular flexibility index (Phi) is 2.24. The van der Waals surface area contributed by atoms with Crippen LogP contribution in [0.2, 0.25) is 0 Å². The number of aromatic hydroxyl groups is 1. The Bertz CT molecular complexity index is 642. The van der Waals surface area contributed by atoms with Crippen LogP contribution in [0.4, 0.5) is 5.69 Å². The molecule has 0 saturated carbocycles. The second-order valence-electron chi connectivity index (χ2n) is 3.23. The van der Waals surface area contributed by atoms with Crippen LogP contribution in [0, 0.1) is 0 Å². The molecule has 16 heavy (non-hydrogen) atoms. The molecule has 0 amide bonds. The number of nitrogens with zero attached hydrogens (tertiary/aromatic N) is 1. The van der Waals surface area contributed by atoms with Crippen molar-refractivity contribution in [1.82, 2.24) is 9.55 Å². The summed E-state index contributed by atoms with van der Waals surface area (Å²) in [6.45, 7) is 0. The number of hydrogen-bond acceptors (Lipinski definition) is 4. The third-order valence-electron chi connectivity index (χ3n) is 2.08. The van der Waals surface area contributed by atoms with Gasteiger partial charge in [-0.3, -0.25) is 14.3 Å². The highest BCUT2D eigenvalue weighted by atomic mass is 16.3. The van der Waals surface area contributed by atoms with Gasteiger partial charge in [0.2, 0.25) is 0 Å². The molecular weight excluding hydrogens is 210 g/mol. The smallest absolute Gasteiger partial charge is 0.333 e. The summed E-state index contributed by atoms with van der Waals surface area (Å²) in [6, 6.07) is 6.06. The zero-order valence-corrected chi connectivity index (χ0v) is 8.18. The SMILES string of the molecule is Nc1cn(-c2cccc(O)c2)c(=O)[nH]c1=O. The molecule has 0 atom stereocenters. The number of hydrogen-bond donors (Lipinski definition) is 3. The summed E-state index contributed by atoms with van der Waals surface area (Å²) in [5, 5.41) is 9.27. The lowest BCUT2D eigenvalue weighted by Gasteiger charge is -2.05. The Morgan fingerprint density at radius 2 is 2.06 bits per heavy atom. The van der Waals surface area contributed by atoms with Crippen molar-refractivity contribution in [2.45, 2.75) is 0 Å². The standard InChI is InChI=1S/C10H9N3O3/c11-8-5-13(10(16)12-9(8)15)6-2-1-3-7(14)4-6/h1-5,14H,11H2,(H,12,15,16). The number of phenols is 1. The van der Waals surface area contributed by atoms with Crippen LogP contribution in [0.25, 0.3) is 5.69 Å². The molecule has 2 aromatic rings. The van der Waals surface area contributed by atoms with Gasteiger partial charge in [-0.15, -0.1) is 0 Å². The third-order valence-corrected chi connectivity index (χ3v) is 2.08. The summed E-state index contributed by atoms with van der Waals surface area (Å²) in [7, 11) is 0. The molecule has 2 rings (SSSR count). The fraction of sp³-hybridized carbons (Fsp3) is 0. The summed E-state index contributed by atoms with van der Waals surface area (Å²) in [5.41, 5.74) is 4.53. The average Bonchev–Trinajstić information content (AvgIpc) is 2.23. The largest absolute Gasteiger partial charge is 0.508 e. The molecule has 0 unspecified atom stereocenters. The second-order valence-corrected chi connectivity index (χ2v) is 3.23. The van der Waals surface area contributed by atoms with Crippen molar-refractivity contribution in [1.29, 1.82) is 0 Å². The van der Waals surface area contributed by atoms with Gasteiger partial charge >= 0.3 is 5.69 Å². The van der Waals surface area contributed by atoms with E-state index in [2.05, 4.69) is 4.98 Å². The van der Waals surface area contributed by atoms with Gasteiger partial charge in [0.05, 0.1) is 5.69 Å². The van der Waals surface area contributed by atoms with E-state index in [1.807, 2.05) is 0 Å². The Morgan fingerprint density at radius 3 is 2.75 bits per heavy atom. The van der Waals surface area contributed by atoms with E-state index < -0.39 is 11.2 Å². The quantitative estimate of drug-likeness (QED) is 0.618. The number of nitrogens with two attached hydrogens (primary N) is 1. The summed E-state index contributed by atoms with van der Waals surface area (Å²) in [4.78, 5) is 24.6. The highest BCUT2D eigenvalue weighted by Crippen LogP contribution is 2.13. The van der Waals surface area contributed by atoms with Crippen LogP contribution < -0.4 is 17.0 Å². The highest BCUT2D eigenvalue weighted by molar-refractivity contribution is 5.41. The molecule has 0 fully saturated rings. The van der Waals surface area contributed by atoms with Gasteiger partial charge < -0.3 is 10.8 Å². The number of nitrogen functional groups attached to an aromatic ring is 1. The van der Waals surface area contributed by atoms with Gasteiger partial charge in [-0.25, -0.2) is 4.79 Å². The van der Waals surface area contributed by atoms with Crippen molar-refractivity contribution in [3.63, 3.8) is 0 Å². The first-order valence-corrected chi connectivity index (χ1v) is 4.49. The Hall–Kier alpha value is -2.50. The molecule has 1 heterocycles. The summed E-state index contributed by atoms with van der Waals surface area (Å²) >= 11 is 0. The molecule has 6 nitrogen and oxygen atoms in total. The maximum atomic E-state index is 11.5. The van der Waals surface area contributed by atoms with Crippen molar-refractivity contribution < 1.29 is 5.11 Å². The fourth-order valence-corrected chi connectivity index (χ4v) is 1.32. The van der Waals surface area contributed by atoms with Crippen molar-refractivity contribution in [2.24, 2.45) is 0 Å². The van der Waals surface area contributed by atoms with Crippen molar-refractivity contribution in [3.05, 3.63) is 51.3 Å². The van der Waals surface area contributed by atoms with Crippen LogP contribution in [0.1, 0.15) is 0 Å². The van der Waals surface area contributed by atoms with Crippen LogP contribution >= 0.6 is 0 Å². The molecule has 6 heteroatoms. The minimum atomic E-state index is -0.624. The van der Waals surface area contributed by atoms with Gasteiger partial charge in [0, 0.05) is 12.3 Å². The first kappa shape index (κ1) is 10.0. The lowest BCUT2D eigenvalue weighted by atomic mass is 10.3.